The molecule has 0 saturated carbocycles. The van der Waals surface area contributed by atoms with Gasteiger partial charge in [-0.2, -0.15) is 0 Å². The number of rotatable bonds is 6. The predicted octanol–water partition coefficient (Wildman–Crippen LogP) is 1.94. The molecular formula is C13H24N4O. The van der Waals surface area contributed by atoms with Gasteiger partial charge in [0, 0.05) is 25.6 Å². The first-order valence-corrected chi connectivity index (χ1v) is 7.09. The maximum Gasteiger partial charge on any atom is 0.318 e. The third-order valence-electron chi connectivity index (χ3n) is 3.68. The van der Waals surface area contributed by atoms with Gasteiger partial charge in [0.2, 0.25) is 5.89 Å². The Kier molecular flexibility index (Phi) is 4.58. The van der Waals surface area contributed by atoms with Crippen LogP contribution in [0.3, 0.4) is 0 Å². The fourth-order valence-electron chi connectivity index (χ4n) is 2.64. The van der Waals surface area contributed by atoms with Crippen LogP contribution in [-0.2, 0) is 6.42 Å². The van der Waals surface area contributed by atoms with Crippen molar-refractivity contribution in [2.24, 2.45) is 0 Å². The van der Waals surface area contributed by atoms with Crippen LogP contribution in [-0.4, -0.2) is 47.3 Å². The van der Waals surface area contributed by atoms with Crippen molar-refractivity contribution in [3.63, 3.8) is 0 Å². The number of aromatic nitrogens is 2. The highest BCUT2D eigenvalue weighted by atomic mass is 16.4. The van der Waals surface area contributed by atoms with Gasteiger partial charge in [-0.3, -0.25) is 4.90 Å². The summed E-state index contributed by atoms with van der Waals surface area (Å²) in [5.74, 6) is 0.763. The Bertz CT molecular complexity index is 362. The van der Waals surface area contributed by atoms with Gasteiger partial charge in [-0.15, -0.1) is 5.10 Å². The molecule has 0 unspecified atom stereocenters. The highest BCUT2D eigenvalue weighted by Gasteiger charge is 2.28. The van der Waals surface area contributed by atoms with Crippen LogP contribution in [0.2, 0.25) is 0 Å². The van der Waals surface area contributed by atoms with Crippen LogP contribution in [0, 0.1) is 0 Å². The average Bonchev–Trinajstić information content (AvgIpc) is 3.00. The highest BCUT2D eigenvalue weighted by molar-refractivity contribution is 5.27. The topological polar surface area (TPSA) is 45.4 Å². The molecule has 1 saturated heterocycles. The number of anilines is 1. The summed E-state index contributed by atoms with van der Waals surface area (Å²) in [5, 5.41) is 8.24. The third kappa shape index (κ3) is 2.83. The van der Waals surface area contributed by atoms with Crippen LogP contribution in [0.15, 0.2) is 4.42 Å². The first kappa shape index (κ1) is 13.3. The van der Waals surface area contributed by atoms with Crippen LogP contribution < -0.4 is 4.90 Å². The van der Waals surface area contributed by atoms with Gasteiger partial charge in [0.05, 0.1) is 0 Å². The normalized spacial score (nSPS) is 20.0. The molecule has 1 atom stereocenters. The van der Waals surface area contributed by atoms with E-state index in [-0.39, 0.29) is 0 Å². The largest absolute Gasteiger partial charge is 0.408 e. The molecule has 1 aromatic rings. The van der Waals surface area contributed by atoms with Crippen molar-refractivity contribution < 1.29 is 4.42 Å². The number of nitrogens with zero attached hydrogens (tertiary/aromatic N) is 4. The molecule has 1 aliphatic rings. The molecule has 0 bridgehead atoms. The molecule has 1 fully saturated rings. The Morgan fingerprint density at radius 1 is 1.28 bits per heavy atom. The van der Waals surface area contributed by atoms with Crippen molar-refractivity contribution in [1.29, 1.82) is 0 Å². The monoisotopic (exact) mass is 252 g/mol. The second kappa shape index (κ2) is 6.18. The van der Waals surface area contributed by atoms with E-state index in [9.17, 15) is 0 Å². The minimum absolute atomic E-state index is 0.626. The maximum atomic E-state index is 5.69. The molecule has 102 valence electrons. The summed E-state index contributed by atoms with van der Waals surface area (Å²) in [4.78, 5) is 4.72. The van der Waals surface area contributed by atoms with Crippen molar-refractivity contribution >= 4 is 6.01 Å². The Labute approximate surface area is 109 Å². The molecule has 0 spiro atoms. The summed E-state index contributed by atoms with van der Waals surface area (Å²) in [6, 6.07) is 1.33. The fraction of sp³-hybridized carbons (Fsp3) is 0.846. The van der Waals surface area contributed by atoms with E-state index in [1.165, 1.54) is 6.42 Å². The van der Waals surface area contributed by atoms with Gasteiger partial charge in [0.1, 0.15) is 0 Å². The van der Waals surface area contributed by atoms with Crippen LogP contribution in [0.4, 0.5) is 6.01 Å². The predicted molar refractivity (Wildman–Crippen MR) is 71.8 cm³/mol. The molecule has 0 aliphatic carbocycles. The van der Waals surface area contributed by atoms with Gasteiger partial charge in [0.15, 0.2) is 0 Å². The van der Waals surface area contributed by atoms with E-state index < -0.39 is 0 Å². The van der Waals surface area contributed by atoms with Crippen molar-refractivity contribution in [3.8, 4) is 0 Å². The second-order valence-electron chi connectivity index (χ2n) is 4.84. The number of aryl methyl sites for hydroxylation is 1. The van der Waals surface area contributed by atoms with E-state index >= 15 is 0 Å². The summed E-state index contributed by atoms with van der Waals surface area (Å²) < 4.78 is 5.69. The lowest BCUT2D eigenvalue weighted by molar-refractivity contribution is 0.232. The Hall–Kier alpha value is -1.10. The quantitative estimate of drug-likeness (QED) is 0.774. The molecule has 18 heavy (non-hydrogen) atoms. The standard InChI is InChI=1S/C13H24N4O/c1-4-7-12-14-15-13(18-12)17-9-8-11(10-17)16(5-2)6-3/h11H,4-10H2,1-3H3/t11-/m0/s1. The maximum absolute atomic E-state index is 5.69. The van der Waals surface area contributed by atoms with Gasteiger partial charge in [-0.1, -0.05) is 25.9 Å². The van der Waals surface area contributed by atoms with Gasteiger partial charge < -0.3 is 9.32 Å². The zero-order chi connectivity index (χ0) is 13.0. The Morgan fingerprint density at radius 2 is 2.06 bits per heavy atom. The Morgan fingerprint density at radius 3 is 2.72 bits per heavy atom. The second-order valence-corrected chi connectivity index (χ2v) is 4.84. The molecule has 2 heterocycles. The molecule has 0 radical (unpaired) electrons. The molecule has 1 aromatic heterocycles. The molecular weight excluding hydrogens is 228 g/mol. The van der Waals surface area contributed by atoms with Crippen molar-refractivity contribution in [2.45, 2.75) is 46.1 Å². The Balaban J connectivity index is 1.95. The average molecular weight is 252 g/mol. The summed E-state index contributed by atoms with van der Waals surface area (Å²) in [6.07, 6.45) is 3.11. The zero-order valence-electron chi connectivity index (χ0n) is 11.7. The molecule has 5 heteroatoms. The summed E-state index contributed by atoms with van der Waals surface area (Å²) in [6.45, 7) is 10.8. The summed E-state index contributed by atoms with van der Waals surface area (Å²) in [5.41, 5.74) is 0. The van der Waals surface area contributed by atoms with Crippen molar-refractivity contribution in [2.75, 3.05) is 31.1 Å². The van der Waals surface area contributed by atoms with Crippen LogP contribution in [0.5, 0.6) is 0 Å². The van der Waals surface area contributed by atoms with Gasteiger partial charge in [0.25, 0.3) is 0 Å². The van der Waals surface area contributed by atoms with E-state index in [1.54, 1.807) is 0 Å². The first-order chi connectivity index (χ1) is 8.78. The summed E-state index contributed by atoms with van der Waals surface area (Å²) >= 11 is 0. The van der Waals surface area contributed by atoms with Gasteiger partial charge in [-0.05, 0) is 25.9 Å². The highest BCUT2D eigenvalue weighted by Crippen LogP contribution is 2.22. The van der Waals surface area contributed by atoms with E-state index in [2.05, 4.69) is 40.8 Å². The molecule has 5 nitrogen and oxygen atoms in total. The van der Waals surface area contributed by atoms with E-state index in [0.29, 0.717) is 12.1 Å². The van der Waals surface area contributed by atoms with E-state index in [1.807, 2.05) is 0 Å². The van der Waals surface area contributed by atoms with Gasteiger partial charge >= 0.3 is 6.01 Å². The number of likely N-dealkylation sites (N-methyl/N-ethyl adjacent to an activating group) is 1. The van der Waals surface area contributed by atoms with Crippen molar-refractivity contribution in [3.05, 3.63) is 5.89 Å². The summed E-state index contributed by atoms with van der Waals surface area (Å²) in [7, 11) is 0. The smallest absolute Gasteiger partial charge is 0.318 e. The zero-order valence-corrected chi connectivity index (χ0v) is 11.7. The lowest BCUT2D eigenvalue weighted by atomic mass is 10.2. The fourth-order valence-corrected chi connectivity index (χ4v) is 2.64. The molecule has 0 N–H and O–H groups in total. The SMILES string of the molecule is CCCc1nnc(N2CC[C@H](N(CC)CC)C2)o1. The minimum Gasteiger partial charge on any atom is -0.408 e. The van der Waals surface area contributed by atoms with Crippen LogP contribution in [0.25, 0.3) is 0 Å². The first-order valence-electron chi connectivity index (χ1n) is 7.09. The number of hydrogen-bond donors (Lipinski definition) is 0. The minimum atomic E-state index is 0.626. The third-order valence-corrected chi connectivity index (χ3v) is 3.68. The lowest BCUT2D eigenvalue weighted by Crippen LogP contribution is -2.37. The van der Waals surface area contributed by atoms with Crippen molar-refractivity contribution in [1.82, 2.24) is 15.1 Å². The van der Waals surface area contributed by atoms with Crippen LogP contribution in [0.1, 0.15) is 39.5 Å². The molecule has 1 aliphatic heterocycles. The van der Waals surface area contributed by atoms with Crippen LogP contribution >= 0.6 is 0 Å². The molecule has 0 amide bonds. The van der Waals surface area contributed by atoms with E-state index in [4.69, 9.17) is 4.42 Å². The van der Waals surface area contributed by atoms with Gasteiger partial charge in [-0.25, -0.2) is 0 Å². The number of hydrogen-bond acceptors (Lipinski definition) is 5. The van der Waals surface area contributed by atoms with E-state index in [0.717, 1.165) is 44.9 Å². The molecule has 2 rings (SSSR count). The lowest BCUT2D eigenvalue weighted by Gasteiger charge is -2.25. The molecule has 0 aromatic carbocycles.